The fourth-order valence-electron chi connectivity index (χ4n) is 3.82. The van der Waals surface area contributed by atoms with Gasteiger partial charge in [0, 0.05) is 35.5 Å². The molecule has 1 aliphatic rings. The number of halogens is 1. The molecule has 0 radical (unpaired) electrons. The van der Waals surface area contributed by atoms with Crippen LogP contribution in [0.25, 0.3) is 22.0 Å². The number of fused-ring (bicyclic) bond motifs is 2. The Balaban J connectivity index is 1.31. The standard InChI is InChI=1S/C24H18ClN3O2/c25-21-12-16(22-14-26-8-9-27-22)10-17-11-18(30-23(17)21)13-28-24(29)20-7-3-5-15-4-1-2-6-19(15)20/h1-10,12,14,18H,11,13H2,(H,28,29). The molecule has 148 valence electrons. The third kappa shape index (κ3) is 3.48. The van der Waals surface area contributed by atoms with E-state index >= 15 is 0 Å². The molecule has 0 saturated heterocycles. The number of hydrogen-bond donors (Lipinski definition) is 1. The summed E-state index contributed by atoms with van der Waals surface area (Å²) in [5.41, 5.74) is 3.32. The van der Waals surface area contributed by atoms with Crippen LogP contribution >= 0.6 is 11.6 Å². The van der Waals surface area contributed by atoms with Crippen LogP contribution in [0.2, 0.25) is 5.02 Å². The maximum absolute atomic E-state index is 12.8. The Kier molecular flexibility index (Phi) is 4.81. The summed E-state index contributed by atoms with van der Waals surface area (Å²) >= 11 is 6.45. The Morgan fingerprint density at radius 1 is 1.13 bits per heavy atom. The van der Waals surface area contributed by atoms with Crippen LogP contribution in [0.4, 0.5) is 0 Å². The topological polar surface area (TPSA) is 64.1 Å². The molecule has 0 bridgehead atoms. The molecule has 5 nitrogen and oxygen atoms in total. The minimum Gasteiger partial charge on any atom is -0.486 e. The zero-order valence-electron chi connectivity index (χ0n) is 16.0. The lowest BCUT2D eigenvalue weighted by molar-refractivity contribution is 0.0935. The van der Waals surface area contributed by atoms with Crippen LogP contribution < -0.4 is 10.1 Å². The average Bonchev–Trinajstić information content (AvgIpc) is 3.21. The quantitative estimate of drug-likeness (QED) is 0.525. The van der Waals surface area contributed by atoms with Gasteiger partial charge >= 0.3 is 0 Å². The van der Waals surface area contributed by atoms with Crippen molar-refractivity contribution in [3.8, 4) is 17.0 Å². The molecular formula is C24H18ClN3O2. The molecule has 0 fully saturated rings. The monoisotopic (exact) mass is 415 g/mol. The lowest BCUT2D eigenvalue weighted by atomic mass is 10.0. The van der Waals surface area contributed by atoms with E-state index in [1.165, 1.54) is 0 Å². The van der Waals surface area contributed by atoms with Crippen LogP contribution in [0.5, 0.6) is 5.75 Å². The van der Waals surface area contributed by atoms with E-state index in [1.807, 2.05) is 54.6 Å². The maximum Gasteiger partial charge on any atom is 0.252 e. The van der Waals surface area contributed by atoms with Crippen molar-refractivity contribution in [2.45, 2.75) is 12.5 Å². The van der Waals surface area contributed by atoms with Crippen LogP contribution in [0.3, 0.4) is 0 Å². The Labute approximate surface area is 178 Å². The number of rotatable bonds is 4. The lowest BCUT2D eigenvalue weighted by Crippen LogP contribution is -2.34. The molecule has 4 aromatic rings. The molecule has 6 heteroatoms. The highest BCUT2D eigenvalue weighted by Gasteiger charge is 2.27. The summed E-state index contributed by atoms with van der Waals surface area (Å²) in [6.07, 6.45) is 5.48. The number of ether oxygens (including phenoxy) is 1. The normalized spacial score (nSPS) is 14.9. The summed E-state index contributed by atoms with van der Waals surface area (Å²) in [7, 11) is 0. The number of benzene rings is 3. The van der Waals surface area contributed by atoms with Gasteiger partial charge in [-0.1, -0.05) is 48.0 Å². The van der Waals surface area contributed by atoms with Gasteiger partial charge in [-0.2, -0.15) is 0 Å². The summed E-state index contributed by atoms with van der Waals surface area (Å²) in [6, 6.07) is 17.5. The van der Waals surface area contributed by atoms with Crippen molar-refractivity contribution in [3.63, 3.8) is 0 Å². The second kappa shape index (κ2) is 7.76. The van der Waals surface area contributed by atoms with Crippen LogP contribution in [-0.4, -0.2) is 28.5 Å². The first kappa shape index (κ1) is 18.6. The Morgan fingerprint density at radius 2 is 2.00 bits per heavy atom. The molecule has 0 spiro atoms. The van der Waals surface area contributed by atoms with E-state index < -0.39 is 0 Å². The second-order valence-corrected chi connectivity index (χ2v) is 7.62. The van der Waals surface area contributed by atoms with Gasteiger partial charge in [-0.3, -0.25) is 14.8 Å². The summed E-state index contributed by atoms with van der Waals surface area (Å²) in [6.45, 7) is 0.396. The number of aromatic nitrogens is 2. The molecule has 5 rings (SSSR count). The van der Waals surface area contributed by atoms with Crippen molar-refractivity contribution in [3.05, 3.63) is 89.3 Å². The summed E-state index contributed by atoms with van der Waals surface area (Å²) in [5.74, 6) is 0.561. The smallest absolute Gasteiger partial charge is 0.252 e. The van der Waals surface area contributed by atoms with Crippen LogP contribution in [-0.2, 0) is 6.42 Å². The van der Waals surface area contributed by atoms with E-state index in [9.17, 15) is 4.79 Å². The predicted molar refractivity (Wildman–Crippen MR) is 117 cm³/mol. The van der Waals surface area contributed by atoms with Crippen molar-refractivity contribution >= 4 is 28.3 Å². The van der Waals surface area contributed by atoms with E-state index in [4.69, 9.17) is 16.3 Å². The first-order valence-electron chi connectivity index (χ1n) is 9.70. The van der Waals surface area contributed by atoms with Crippen molar-refractivity contribution in [1.29, 1.82) is 0 Å². The van der Waals surface area contributed by atoms with Gasteiger partial charge < -0.3 is 10.1 Å². The molecule has 1 unspecified atom stereocenters. The average molecular weight is 416 g/mol. The zero-order valence-corrected chi connectivity index (χ0v) is 16.8. The Hall–Kier alpha value is -3.44. The maximum atomic E-state index is 12.8. The van der Waals surface area contributed by atoms with Gasteiger partial charge in [-0.05, 0) is 29.0 Å². The van der Waals surface area contributed by atoms with Gasteiger partial charge in [0.05, 0.1) is 23.5 Å². The molecule has 1 N–H and O–H groups in total. The molecule has 1 amide bonds. The lowest BCUT2D eigenvalue weighted by Gasteiger charge is -2.13. The number of carbonyl (C=O) groups excluding carboxylic acids is 1. The first-order chi connectivity index (χ1) is 14.7. The van der Waals surface area contributed by atoms with Crippen molar-refractivity contribution in [2.75, 3.05) is 6.54 Å². The molecule has 3 aromatic carbocycles. The molecule has 1 aromatic heterocycles. The largest absolute Gasteiger partial charge is 0.486 e. The Bertz CT molecular complexity index is 1240. The minimum absolute atomic E-state index is 0.113. The number of hydrogen-bond acceptors (Lipinski definition) is 4. The number of nitrogens with one attached hydrogen (secondary N) is 1. The first-order valence-corrected chi connectivity index (χ1v) is 10.1. The zero-order chi connectivity index (χ0) is 20.5. The van der Waals surface area contributed by atoms with Gasteiger partial charge in [-0.25, -0.2) is 0 Å². The molecule has 1 atom stereocenters. The second-order valence-electron chi connectivity index (χ2n) is 7.22. The summed E-state index contributed by atoms with van der Waals surface area (Å²) in [4.78, 5) is 21.2. The van der Waals surface area contributed by atoms with Gasteiger partial charge in [0.25, 0.3) is 5.91 Å². The fourth-order valence-corrected chi connectivity index (χ4v) is 4.11. The highest BCUT2D eigenvalue weighted by Crippen LogP contribution is 2.39. The van der Waals surface area contributed by atoms with Crippen LogP contribution in [0, 0.1) is 0 Å². The SMILES string of the molecule is O=C(NCC1Cc2cc(-c3cnccn3)cc(Cl)c2O1)c1cccc2ccccc12. The molecule has 0 saturated carbocycles. The Morgan fingerprint density at radius 3 is 2.87 bits per heavy atom. The predicted octanol–water partition coefficient (Wildman–Crippen LogP) is 4.68. The molecule has 1 aliphatic heterocycles. The number of carbonyl (C=O) groups is 1. The molecule has 2 heterocycles. The van der Waals surface area contributed by atoms with E-state index in [0.29, 0.717) is 29.3 Å². The third-order valence-electron chi connectivity index (χ3n) is 5.24. The minimum atomic E-state index is -0.173. The van der Waals surface area contributed by atoms with Gasteiger partial charge in [0.1, 0.15) is 11.9 Å². The van der Waals surface area contributed by atoms with Gasteiger partial charge in [-0.15, -0.1) is 0 Å². The molecule has 0 aliphatic carbocycles. The van der Waals surface area contributed by atoms with Crippen molar-refractivity contribution in [2.24, 2.45) is 0 Å². The highest BCUT2D eigenvalue weighted by atomic mass is 35.5. The van der Waals surface area contributed by atoms with Crippen LogP contribution in [0.1, 0.15) is 15.9 Å². The van der Waals surface area contributed by atoms with Gasteiger partial charge in [0.15, 0.2) is 0 Å². The number of nitrogens with zero attached hydrogens (tertiary/aromatic N) is 2. The molecule has 30 heavy (non-hydrogen) atoms. The van der Waals surface area contributed by atoms with E-state index in [-0.39, 0.29) is 12.0 Å². The summed E-state index contributed by atoms with van der Waals surface area (Å²) < 4.78 is 6.02. The van der Waals surface area contributed by atoms with Crippen molar-refractivity contribution < 1.29 is 9.53 Å². The van der Waals surface area contributed by atoms with E-state index in [1.54, 1.807) is 18.6 Å². The van der Waals surface area contributed by atoms with Gasteiger partial charge in [0.2, 0.25) is 0 Å². The fraction of sp³-hybridized carbons (Fsp3) is 0.125. The van der Waals surface area contributed by atoms with E-state index in [2.05, 4.69) is 15.3 Å². The van der Waals surface area contributed by atoms with E-state index in [0.717, 1.165) is 27.6 Å². The molecular weight excluding hydrogens is 398 g/mol. The summed E-state index contributed by atoms with van der Waals surface area (Å²) in [5, 5.41) is 5.52. The number of amides is 1. The highest BCUT2D eigenvalue weighted by molar-refractivity contribution is 6.32. The van der Waals surface area contributed by atoms with Crippen LogP contribution in [0.15, 0.2) is 73.2 Å². The third-order valence-corrected chi connectivity index (χ3v) is 5.52. The van der Waals surface area contributed by atoms with Crippen molar-refractivity contribution in [1.82, 2.24) is 15.3 Å².